The molecule has 0 amide bonds. The third-order valence-corrected chi connectivity index (χ3v) is 8.38. The average Bonchev–Trinajstić information content (AvgIpc) is 3.01. The number of ether oxygens (including phenoxy) is 2. The third kappa shape index (κ3) is 11.5. The predicted octanol–water partition coefficient (Wildman–Crippen LogP) is 9.92. The molecule has 0 radical (unpaired) electrons. The van der Waals surface area contributed by atoms with Crippen LogP contribution in [-0.4, -0.2) is 24.9 Å². The Kier molecular flexibility index (Phi) is 14.8. The van der Waals surface area contributed by atoms with E-state index in [0.29, 0.717) is 30.3 Å². The van der Waals surface area contributed by atoms with E-state index in [0.717, 1.165) is 62.5 Å². The van der Waals surface area contributed by atoms with Crippen LogP contribution in [0.15, 0.2) is 42.5 Å². The summed E-state index contributed by atoms with van der Waals surface area (Å²) < 4.78 is 25.3. The van der Waals surface area contributed by atoms with Gasteiger partial charge in [0.2, 0.25) is 0 Å². The fourth-order valence-electron chi connectivity index (χ4n) is 5.68. The summed E-state index contributed by atoms with van der Waals surface area (Å²) in [6, 6.07) is 16.8. The van der Waals surface area contributed by atoms with Crippen LogP contribution < -0.4 is 4.74 Å². The van der Waals surface area contributed by atoms with E-state index in [1.807, 2.05) is 25.1 Å². The molecule has 0 unspecified atom stereocenters. The van der Waals surface area contributed by atoms with E-state index in [-0.39, 0.29) is 12.5 Å². The van der Waals surface area contributed by atoms with Crippen LogP contribution in [-0.2, 0) is 16.0 Å². The van der Waals surface area contributed by atoms with Crippen molar-refractivity contribution < 1.29 is 18.7 Å². The number of hydrogen-bond acceptors (Lipinski definition) is 4. The molecule has 5 heteroatoms. The van der Waals surface area contributed by atoms with E-state index in [2.05, 4.69) is 37.3 Å². The number of benzene rings is 2. The summed E-state index contributed by atoms with van der Waals surface area (Å²) in [6.45, 7) is 4.88. The molecule has 1 atom stereocenters. The molecule has 2 aromatic carbocycles. The number of carbonyl (C=O) groups excluding carboxylic acids is 1. The second-order valence-electron chi connectivity index (χ2n) is 11.7. The van der Waals surface area contributed by atoms with Gasteiger partial charge >= 0.3 is 5.97 Å². The van der Waals surface area contributed by atoms with Crippen LogP contribution in [0.1, 0.15) is 121 Å². The minimum absolute atomic E-state index is 0.131. The SMILES string of the molecule is CCCCCCCCCOc1ccc(-c2ccc(CC[C@H]3CC[C@H](OC(=O)[C@@H](F)CCCC)CC3)cc2)cc1C#N. The Labute approximate surface area is 247 Å². The summed E-state index contributed by atoms with van der Waals surface area (Å²) in [5, 5.41) is 9.69. The van der Waals surface area contributed by atoms with Crippen LogP contribution in [0.25, 0.3) is 11.1 Å². The van der Waals surface area contributed by atoms with Gasteiger partial charge in [-0.3, -0.25) is 0 Å². The highest BCUT2D eigenvalue weighted by molar-refractivity contribution is 5.74. The van der Waals surface area contributed by atoms with Gasteiger partial charge in [-0.15, -0.1) is 0 Å². The highest BCUT2D eigenvalue weighted by Crippen LogP contribution is 2.31. The summed E-state index contributed by atoms with van der Waals surface area (Å²) in [5.41, 5.74) is 4.00. The van der Waals surface area contributed by atoms with E-state index in [1.165, 1.54) is 44.1 Å². The first-order valence-electron chi connectivity index (χ1n) is 16.1. The number of aryl methyl sites for hydroxylation is 1. The van der Waals surface area contributed by atoms with Gasteiger partial charge in [-0.05, 0) is 86.1 Å². The highest BCUT2D eigenvalue weighted by Gasteiger charge is 2.27. The number of halogens is 1. The zero-order chi connectivity index (χ0) is 29.3. The molecule has 4 nitrogen and oxygen atoms in total. The van der Waals surface area contributed by atoms with Crippen LogP contribution in [0.4, 0.5) is 4.39 Å². The number of esters is 1. The van der Waals surface area contributed by atoms with Crippen LogP contribution in [0.2, 0.25) is 0 Å². The average molecular weight is 564 g/mol. The summed E-state index contributed by atoms with van der Waals surface area (Å²) in [7, 11) is 0. The molecule has 2 aromatic rings. The van der Waals surface area contributed by atoms with Crippen molar-refractivity contribution in [3.63, 3.8) is 0 Å². The van der Waals surface area contributed by atoms with Crippen molar-refractivity contribution in [3.05, 3.63) is 53.6 Å². The van der Waals surface area contributed by atoms with Crippen molar-refractivity contribution in [1.29, 1.82) is 5.26 Å². The van der Waals surface area contributed by atoms with Crippen LogP contribution in [0.5, 0.6) is 5.75 Å². The molecule has 1 fully saturated rings. The molecule has 1 saturated carbocycles. The number of carbonyl (C=O) groups is 1. The lowest BCUT2D eigenvalue weighted by molar-refractivity contribution is -0.157. The zero-order valence-electron chi connectivity index (χ0n) is 25.3. The molecule has 0 spiro atoms. The van der Waals surface area contributed by atoms with Gasteiger partial charge in [-0.25, -0.2) is 9.18 Å². The molecule has 0 N–H and O–H groups in total. The van der Waals surface area contributed by atoms with Gasteiger partial charge in [-0.1, -0.05) is 95.5 Å². The Morgan fingerprint density at radius 1 is 0.902 bits per heavy atom. The normalized spacial score (nSPS) is 17.5. The van der Waals surface area contributed by atoms with E-state index >= 15 is 0 Å². The van der Waals surface area contributed by atoms with Gasteiger partial charge in [0.05, 0.1) is 12.2 Å². The van der Waals surface area contributed by atoms with Crippen molar-refractivity contribution in [1.82, 2.24) is 0 Å². The third-order valence-electron chi connectivity index (χ3n) is 8.38. The lowest BCUT2D eigenvalue weighted by Gasteiger charge is -2.28. The lowest BCUT2D eigenvalue weighted by Crippen LogP contribution is -2.29. The van der Waals surface area contributed by atoms with Crippen molar-refractivity contribution in [2.45, 2.75) is 129 Å². The Bertz CT molecular complexity index is 1070. The number of hydrogen-bond donors (Lipinski definition) is 0. The molecular formula is C36H50FNO3. The number of alkyl halides is 1. The van der Waals surface area contributed by atoms with Crippen molar-refractivity contribution in [2.24, 2.45) is 5.92 Å². The van der Waals surface area contributed by atoms with Gasteiger partial charge in [0, 0.05) is 0 Å². The van der Waals surface area contributed by atoms with E-state index in [9.17, 15) is 14.4 Å². The molecule has 0 aromatic heterocycles. The number of nitriles is 1. The summed E-state index contributed by atoms with van der Waals surface area (Å²) in [6.07, 6.45) is 14.7. The molecule has 0 heterocycles. The largest absolute Gasteiger partial charge is 0.492 e. The maximum absolute atomic E-state index is 13.9. The van der Waals surface area contributed by atoms with E-state index in [1.54, 1.807) is 0 Å². The molecule has 41 heavy (non-hydrogen) atoms. The maximum Gasteiger partial charge on any atom is 0.340 e. The fourth-order valence-corrected chi connectivity index (χ4v) is 5.68. The maximum atomic E-state index is 13.9. The first kappa shape index (κ1) is 32.6. The standard InChI is InChI=1S/C36H50FNO3/c1-3-5-7-8-9-10-11-25-40-35-24-21-31(26-32(35)27-38)30-19-15-28(16-20-30)13-14-29-17-22-33(23-18-29)41-36(39)34(37)12-6-4-2/h15-16,19-21,24,26,29,33-34H,3-14,17-18,22-23,25H2,1-2H3/t29-,33-,34-/m0/s1. The highest BCUT2D eigenvalue weighted by atomic mass is 19.1. The Hall–Kier alpha value is -2.87. The Balaban J connectivity index is 1.39. The second kappa shape index (κ2) is 18.5. The molecule has 0 aliphatic heterocycles. The number of nitrogens with zero attached hydrogens (tertiary/aromatic N) is 1. The smallest absolute Gasteiger partial charge is 0.340 e. The van der Waals surface area contributed by atoms with Gasteiger partial charge in [-0.2, -0.15) is 5.26 Å². The summed E-state index contributed by atoms with van der Waals surface area (Å²) in [4.78, 5) is 12.0. The molecule has 0 saturated heterocycles. The van der Waals surface area contributed by atoms with E-state index < -0.39 is 12.1 Å². The zero-order valence-corrected chi connectivity index (χ0v) is 25.3. The molecule has 1 aliphatic carbocycles. The van der Waals surface area contributed by atoms with Gasteiger partial charge in [0.15, 0.2) is 6.17 Å². The predicted molar refractivity (Wildman–Crippen MR) is 165 cm³/mol. The van der Waals surface area contributed by atoms with Gasteiger partial charge < -0.3 is 9.47 Å². The van der Waals surface area contributed by atoms with Gasteiger partial charge in [0.25, 0.3) is 0 Å². The monoisotopic (exact) mass is 563 g/mol. The molecule has 0 bridgehead atoms. The van der Waals surface area contributed by atoms with E-state index in [4.69, 9.17) is 9.47 Å². The summed E-state index contributed by atoms with van der Waals surface area (Å²) in [5.74, 6) is 0.608. The Morgan fingerprint density at radius 3 is 2.24 bits per heavy atom. The first-order chi connectivity index (χ1) is 20.0. The minimum Gasteiger partial charge on any atom is -0.492 e. The van der Waals surface area contributed by atoms with Crippen LogP contribution >= 0.6 is 0 Å². The molecule has 1 aliphatic rings. The van der Waals surface area contributed by atoms with Gasteiger partial charge in [0.1, 0.15) is 17.9 Å². The van der Waals surface area contributed by atoms with Crippen molar-refractivity contribution in [2.75, 3.05) is 6.61 Å². The lowest BCUT2D eigenvalue weighted by atomic mass is 9.83. The first-order valence-corrected chi connectivity index (χ1v) is 16.1. The topological polar surface area (TPSA) is 59.3 Å². The second-order valence-corrected chi connectivity index (χ2v) is 11.7. The summed E-state index contributed by atoms with van der Waals surface area (Å²) >= 11 is 0. The van der Waals surface area contributed by atoms with Crippen LogP contribution in [0.3, 0.4) is 0 Å². The number of rotatable bonds is 18. The molecular weight excluding hydrogens is 513 g/mol. The fraction of sp³-hybridized carbons (Fsp3) is 0.611. The van der Waals surface area contributed by atoms with Crippen molar-refractivity contribution in [3.8, 4) is 22.9 Å². The Morgan fingerprint density at radius 2 is 1.56 bits per heavy atom. The van der Waals surface area contributed by atoms with Crippen molar-refractivity contribution >= 4 is 5.97 Å². The molecule has 224 valence electrons. The number of unbranched alkanes of at least 4 members (excludes halogenated alkanes) is 7. The van der Waals surface area contributed by atoms with Crippen LogP contribution in [0, 0.1) is 17.2 Å². The molecule has 3 rings (SSSR count). The minimum atomic E-state index is -1.48. The quantitative estimate of drug-likeness (QED) is 0.134.